The third-order valence-corrected chi connectivity index (χ3v) is 5.88. The number of carbonyl (C=O) groups excluding carboxylic acids is 1. The summed E-state index contributed by atoms with van der Waals surface area (Å²) in [5.41, 5.74) is 3.40. The van der Waals surface area contributed by atoms with Crippen LogP contribution in [0.25, 0.3) is 0 Å². The second-order valence-electron chi connectivity index (χ2n) is 5.70. The average Bonchev–Trinajstić information content (AvgIpc) is 2.94. The second-order valence-corrected chi connectivity index (χ2v) is 7.95. The molecule has 116 valence electrons. The number of hydrogen-bond acceptors (Lipinski definition) is 3. The van der Waals surface area contributed by atoms with Gasteiger partial charge in [-0.15, -0.1) is 11.3 Å². The van der Waals surface area contributed by atoms with Crippen LogP contribution in [0, 0.1) is 10.5 Å². The quantitative estimate of drug-likeness (QED) is 0.746. The molecule has 5 heteroatoms. The molecule has 2 aromatic rings. The van der Waals surface area contributed by atoms with Gasteiger partial charge in [-0.3, -0.25) is 9.69 Å². The van der Waals surface area contributed by atoms with Gasteiger partial charge in [-0.25, -0.2) is 0 Å². The van der Waals surface area contributed by atoms with Crippen molar-refractivity contribution >= 4 is 45.5 Å². The fourth-order valence-electron chi connectivity index (χ4n) is 2.92. The monoisotopic (exact) mass is 426 g/mol. The van der Waals surface area contributed by atoms with E-state index < -0.39 is 0 Å². The van der Waals surface area contributed by atoms with Gasteiger partial charge in [0.05, 0.1) is 6.54 Å². The van der Waals surface area contributed by atoms with Crippen LogP contribution in [0.3, 0.4) is 0 Å². The molecule has 0 spiro atoms. The Bertz CT molecular complexity index is 698. The van der Waals surface area contributed by atoms with Crippen LogP contribution in [0.5, 0.6) is 0 Å². The van der Waals surface area contributed by atoms with Crippen LogP contribution in [-0.2, 0) is 11.2 Å². The molecule has 1 aliphatic rings. The van der Waals surface area contributed by atoms with E-state index in [0.717, 1.165) is 24.2 Å². The van der Waals surface area contributed by atoms with Crippen molar-refractivity contribution in [2.45, 2.75) is 26.3 Å². The van der Waals surface area contributed by atoms with E-state index in [9.17, 15) is 4.79 Å². The van der Waals surface area contributed by atoms with Crippen molar-refractivity contribution in [2.24, 2.45) is 0 Å². The number of nitrogens with one attached hydrogen (secondary N) is 1. The zero-order valence-corrected chi connectivity index (χ0v) is 15.7. The van der Waals surface area contributed by atoms with E-state index in [1.165, 1.54) is 14.0 Å². The molecule has 1 N–H and O–H groups in total. The summed E-state index contributed by atoms with van der Waals surface area (Å²) in [4.78, 5) is 16.1. The molecule has 1 aromatic heterocycles. The maximum atomic E-state index is 12.4. The van der Waals surface area contributed by atoms with E-state index in [2.05, 4.69) is 57.2 Å². The van der Waals surface area contributed by atoms with E-state index in [0.29, 0.717) is 12.6 Å². The lowest BCUT2D eigenvalue weighted by Gasteiger charge is -2.33. The molecule has 0 unspecified atom stereocenters. The Morgan fingerprint density at radius 3 is 3.05 bits per heavy atom. The molecule has 3 nitrogen and oxygen atoms in total. The first-order chi connectivity index (χ1) is 10.5. The lowest BCUT2D eigenvalue weighted by atomic mass is 10.0. The van der Waals surface area contributed by atoms with Gasteiger partial charge in [-0.1, -0.05) is 0 Å². The van der Waals surface area contributed by atoms with Crippen molar-refractivity contribution in [2.75, 3.05) is 18.4 Å². The molecular weight excluding hydrogens is 407 g/mol. The van der Waals surface area contributed by atoms with Crippen LogP contribution in [0.4, 0.5) is 5.69 Å². The number of halogens is 1. The molecule has 22 heavy (non-hydrogen) atoms. The minimum atomic E-state index is 0.0647. The summed E-state index contributed by atoms with van der Waals surface area (Å²) >= 11 is 4.11. The van der Waals surface area contributed by atoms with E-state index in [1.807, 2.05) is 30.4 Å². The van der Waals surface area contributed by atoms with Crippen LogP contribution in [0.1, 0.15) is 29.0 Å². The van der Waals surface area contributed by atoms with E-state index in [4.69, 9.17) is 0 Å². The van der Waals surface area contributed by atoms with Gasteiger partial charge in [-0.05, 0) is 83.6 Å². The van der Waals surface area contributed by atoms with Gasteiger partial charge < -0.3 is 5.32 Å². The van der Waals surface area contributed by atoms with Gasteiger partial charge in [0.1, 0.15) is 0 Å². The third-order valence-electron chi connectivity index (χ3n) is 4.21. The predicted molar refractivity (Wildman–Crippen MR) is 101 cm³/mol. The smallest absolute Gasteiger partial charge is 0.238 e. The van der Waals surface area contributed by atoms with Gasteiger partial charge in [0.2, 0.25) is 5.91 Å². The van der Waals surface area contributed by atoms with Gasteiger partial charge >= 0.3 is 0 Å². The molecule has 0 fully saturated rings. The van der Waals surface area contributed by atoms with Crippen molar-refractivity contribution in [1.82, 2.24) is 4.90 Å². The molecule has 0 aliphatic carbocycles. The highest BCUT2D eigenvalue weighted by Gasteiger charge is 2.26. The number of aryl methyl sites for hydroxylation is 1. The topological polar surface area (TPSA) is 32.3 Å². The summed E-state index contributed by atoms with van der Waals surface area (Å²) in [5, 5.41) is 5.19. The molecule has 3 rings (SSSR count). The zero-order valence-electron chi connectivity index (χ0n) is 12.7. The van der Waals surface area contributed by atoms with Gasteiger partial charge in [-0.2, -0.15) is 0 Å². The first kappa shape index (κ1) is 16.0. The third kappa shape index (κ3) is 3.36. The Labute approximate surface area is 148 Å². The maximum Gasteiger partial charge on any atom is 0.238 e. The molecule has 1 aromatic carbocycles. The number of rotatable bonds is 3. The van der Waals surface area contributed by atoms with Crippen LogP contribution in [-0.4, -0.2) is 23.9 Å². The summed E-state index contributed by atoms with van der Waals surface area (Å²) in [6, 6.07) is 8.59. The molecular formula is C17H19IN2OS. The Balaban J connectivity index is 1.65. The van der Waals surface area contributed by atoms with Crippen molar-refractivity contribution in [3.8, 4) is 0 Å². The van der Waals surface area contributed by atoms with Crippen molar-refractivity contribution in [3.05, 3.63) is 49.2 Å². The van der Waals surface area contributed by atoms with Gasteiger partial charge in [0, 0.05) is 26.7 Å². The molecule has 1 atom stereocenters. The fraction of sp³-hybridized carbons (Fsp3) is 0.353. The Morgan fingerprint density at radius 1 is 1.45 bits per heavy atom. The first-order valence-electron chi connectivity index (χ1n) is 7.41. The lowest BCUT2D eigenvalue weighted by Crippen LogP contribution is -2.39. The van der Waals surface area contributed by atoms with Crippen molar-refractivity contribution in [1.29, 1.82) is 0 Å². The standard InChI is InChI=1S/C17H19IN2OS/c1-11-9-13(18)3-4-15(11)19-17(21)10-20-7-5-16-14(12(20)2)6-8-22-16/h3-4,6,8-9,12H,5,7,10H2,1-2H3,(H,19,21)/t12-/m1/s1. The highest BCUT2D eigenvalue weighted by molar-refractivity contribution is 14.1. The number of benzene rings is 1. The number of thiophene rings is 1. The molecule has 0 radical (unpaired) electrons. The molecule has 0 bridgehead atoms. The Hall–Kier alpha value is -0.920. The second kappa shape index (κ2) is 6.68. The predicted octanol–water partition coefficient (Wildman–Crippen LogP) is 4.22. The molecule has 0 saturated carbocycles. The van der Waals surface area contributed by atoms with Gasteiger partial charge in [0.25, 0.3) is 0 Å². The number of fused-ring (bicyclic) bond motifs is 1. The number of amides is 1. The van der Waals surface area contributed by atoms with E-state index in [1.54, 1.807) is 0 Å². The lowest BCUT2D eigenvalue weighted by molar-refractivity contribution is -0.117. The Morgan fingerprint density at radius 2 is 2.27 bits per heavy atom. The number of hydrogen-bond donors (Lipinski definition) is 1. The zero-order chi connectivity index (χ0) is 15.7. The van der Waals surface area contributed by atoms with Crippen LogP contribution < -0.4 is 5.32 Å². The summed E-state index contributed by atoms with van der Waals surface area (Å²) in [6.07, 6.45) is 1.05. The van der Waals surface area contributed by atoms with Crippen LogP contribution in [0.2, 0.25) is 0 Å². The van der Waals surface area contributed by atoms with Crippen LogP contribution in [0.15, 0.2) is 29.6 Å². The summed E-state index contributed by atoms with van der Waals surface area (Å²) in [6.45, 7) is 5.61. The normalized spacial score (nSPS) is 18.0. The summed E-state index contributed by atoms with van der Waals surface area (Å²) in [5.74, 6) is 0.0647. The molecule has 2 heterocycles. The summed E-state index contributed by atoms with van der Waals surface area (Å²) < 4.78 is 1.18. The summed E-state index contributed by atoms with van der Waals surface area (Å²) in [7, 11) is 0. The van der Waals surface area contributed by atoms with Crippen LogP contribution >= 0.6 is 33.9 Å². The number of carbonyl (C=O) groups is 1. The van der Waals surface area contributed by atoms with Gasteiger partial charge in [0.15, 0.2) is 0 Å². The van der Waals surface area contributed by atoms with Crippen molar-refractivity contribution in [3.63, 3.8) is 0 Å². The maximum absolute atomic E-state index is 12.4. The van der Waals surface area contributed by atoms with Crippen molar-refractivity contribution < 1.29 is 4.79 Å². The molecule has 0 saturated heterocycles. The minimum Gasteiger partial charge on any atom is -0.325 e. The highest BCUT2D eigenvalue weighted by atomic mass is 127. The van der Waals surface area contributed by atoms with E-state index in [-0.39, 0.29) is 5.91 Å². The largest absolute Gasteiger partial charge is 0.325 e. The average molecular weight is 426 g/mol. The molecule has 1 amide bonds. The minimum absolute atomic E-state index is 0.0647. The highest BCUT2D eigenvalue weighted by Crippen LogP contribution is 2.32. The fourth-order valence-corrected chi connectivity index (χ4v) is 4.53. The SMILES string of the molecule is Cc1cc(I)ccc1NC(=O)CN1CCc2sccc2[C@H]1C. The first-order valence-corrected chi connectivity index (χ1v) is 9.37. The molecule has 1 aliphatic heterocycles. The van der Waals surface area contributed by atoms with E-state index >= 15 is 0 Å². The number of nitrogens with zero attached hydrogens (tertiary/aromatic N) is 1. The Kier molecular flexibility index (Phi) is 4.84. The number of anilines is 1.